The molecule has 0 unspecified atom stereocenters. The van der Waals surface area contributed by atoms with Crippen molar-refractivity contribution >= 4 is 27.5 Å². The number of hydrogen-bond donors (Lipinski definition) is 3. The predicted octanol–water partition coefficient (Wildman–Crippen LogP) is 2.47. The van der Waals surface area contributed by atoms with Crippen LogP contribution in [0, 0.1) is 0 Å². The van der Waals surface area contributed by atoms with E-state index in [0.29, 0.717) is 12.2 Å². The van der Waals surface area contributed by atoms with Crippen LogP contribution in [-0.2, 0) is 32.7 Å². The maximum absolute atomic E-state index is 12.6. The Morgan fingerprint density at radius 3 is 2.12 bits per heavy atom. The fourth-order valence-electron chi connectivity index (χ4n) is 3.18. The monoisotopic (exact) mass is 460 g/mol. The summed E-state index contributed by atoms with van der Waals surface area (Å²) in [7, 11) is -3.89. The van der Waals surface area contributed by atoms with Crippen molar-refractivity contribution in [1.29, 1.82) is 0 Å². The summed E-state index contributed by atoms with van der Waals surface area (Å²) in [4.78, 5) is 25.9. The molecule has 0 spiro atoms. The predicted molar refractivity (Wildman–Crippen MR) is 125 cm³/mol. The van der Waals surface area contributed by atoms with E-state index in [1.54, 1.807) is 0 Å². The lowest BCUT2D eigenvalue weighted by molar-refractivity contribution is -0.122. The van der Waals surface area contributed by atoms with Crippen LogP contribution in [-0.4, -0.2) is 44.3 Å². The average molecular weight is 461 g/mol. The lowest BCUT2D eigenvalue weighted by atomic mass is 10.1. The van der Waals surface area contributed by atoms with E-state index in [0.717, 1.165) is 30.8 Å². The summed E-state index contributed by atoms with van der Waals surface area (Å²) in [5.74, 6) is -0.663. The van der Waals surface area contributed by atoms with Gasteiger partial charge < -0.3 is 10.6 Å². The zero-order valence-corrected chi connectivity index (χ0v) is 19.8. The molecule has 2 rings (SSSR count). The van der Waals surface area contributed by atoms with Crippen molar-refractivity contribution in [3.8, 4) is 0 Å². The maximum Gasteiger partial charge on any atom is 0.241 e. The Morgan fingerprint density at radius 1 is 0.969 bits per heavy atom. The first-order valence-corrected chi connectivity index (χ1v) is 12.1. The van der Waals surface area contributed by atoms with Crippen LogP contribution < -0.4 is 15.4 Å². The van der Waals surface area contributed by atoms with Crippen molar-refractivity contribution < 1.29 is 18.0 Å². The van der Waals surface area contributed by atoms with Crippen LogP contribution in [0.3, 0.4) is 0 Å². The average Bonchev–Trinajstić information content (AvgIpc) is 2.76. The van der Waals surface area contributed by atoms with Gasteiger partial charge in [-0.05, 0) is 55.4 Å². The van der Waals surface area contributed by atoms with Crippen LogP contribution in [0.4, 0.5) is 5.69 Å². The SMILES string of the molecule is CCN(CC)Cc1ccccc1CNC(=O)[C@H](C)NS(=O)(=O)c1ccc(NC(C)=O)cc1. The molecule has 1 atom stereocenters. The van der Waals surface area contributed by atoms with Crippen molar-refractivity contribution in [2.24, 2.45) is 0 Å². The normalized spacial score (nSPS) is 12.4. The van der Waals surface area contributed by atoms with E-state index in [-0.39, 0.29) is 10.8 Å². The molecule has 0 aliphatic rings. The first-order chi connectivity index (χ1) is 15.2. The second kappa shape index (κ2) is 11.8. The molecular weight excluding hydrogens is 428 g/mol. The summed E-state index contributed by atoms with van der Waals surface area (Å²) >= 11 is 0. The highest BCUT2D eigenvalue weighted by Gasteiger charge is 2.22. The molecule has 3 N–H and O–H groups in total. The van der Waals surface area contributed by atoms with E-state index in [9.17, 15) is 18.0 Å². The van der Waals surface area contributed by atoms with Crippen molar-refractivity contribution in [2.45, 2.75) is 51.7 Å². The first-order valence-electron chi connectivity index (χ1n) is 10.6. The van der Waals surface area contributed by atoms with Gasteiger partial charge in [0.25, 0.3) is 0 Å². The molecule has 0 aromatic heterocycles. The Morgan fingerprint density at radius 2 is 1.56 bits per heavy atom. The fourth-order valence-corrected chi connectivity index (χ4v) is 4.39. The lowest BCUT2D eigenvalue weighted by Gasteiger charge is -2.21. The van der Waals surface area contributed by atoms with E-state index < -0.39 is 22.0 Å². The van der Waals surface area contributed by atoms with Gasteiger partial charge in [0.15, 0.2) is 0 Å². The number of hydrogen-bond acceptors (Lipinski definition) is 5. The second-order valence-corrected chi connectivity index (χ2v) is 9.21. The second-order valence-electron chi connectivity index (χ2n) is 7.50. The van der Waals surface area contributed by atoms with Gasteiger partial charge in [0, 0.05) is 25.7 Å². The highest BCUT2D eigenvalue weighted by Crippen LogP contribution is 2.15. The minimum atomic E-state index is -3.89. The molecule has 2 aromatic carbocycles. The maximum atomic E-state index is 12.6. The molecule has 0 fully saturated rings. The number of rotatable bonds is 11. The molecule has 2 amide bonds. The van der Waals surface area contributed by atoms with E-state index in [1.807, 2.05) is 24.3 Å². The van der Waals surface area contributed by atoms with Crippen LogP contribution in [0.1, 0.15) is 38.8 Å². The van der Waals surface area contributed by atoms with Gasteiger partial charge in [0.1, 0.15) is 0 Å². The summed E-state index contributed by atoms with van der Waals surface area (Å²) in [6.45, 7) is 10.0. The Kier molecular flexibility index (Phi) is 9.37. The molecule has 0 aliphatic heterocycles. The molecule has 0 saturated carbocycles. The van der Waals surface area contributed by atoms with E-state index in [1.165, 1.54) is 38.1 Å². The molecule has 2 aromatic rings. The van der Waals surface area contributed by atoms with E-state index >= 15 is 0 Å². The zero-order chi connectivity index (χ0) is 23.7. The molecule has 174 valence electrons. The van der Waals surface area contributed by atoms with Crippen molar-refractivity contribution in [1.82, 2.24) is 14.9 Å². The minimum Gasteiger partial charge on any atom is -0.351 e. The molecule has 0 saturated heterocycles. The number of anilines is 1. The quantitative estimate of drug-likeness (QED) is 0.478. The molecule has 32 heavy (non-hydrogen) atoms. The molecule has 9 heteroatoms. The summed E-state index contributed by atoms with van der Waals surface area (Å²) in [5.41, 5.74) is 2.62. The highest BCUT2D eigenvalue weighted by atomic mass is 32.2. The van der Waals surface area contributed by atoms with Gasteiger partial charge in [-0.15, -0.1) is 0 Å². The fraction of sp³-hybridized carbons (Fsp3) is 0.391. The van der Waals surface area contributed by atoms with E-state index in [2.05, 4.69) is 34.1 Å². The third-order valence-electron chi connectivity index (χ3n) is 5.07. The summed E-state index contributed by atoms with van der Waals surface area (Å²) < 4.78 is 27.6. The van der Waals surface area contributed by atoms with Gasteiger partial charge in [0.05, 0.1) is 10.9 Å². The third kappa shape index (κ3) is 7.44. The smallest absolute Gasteiger partial charge is 0.241 e. The summed E-state index contributed by atoms with van der Waals surface area (Å²) in [5, 5.41) is 5.40. The Balaban J connectivity index is 1.99. The van der Waals surface area contributed by atoms with Gasteiger partial charge in [-0.25, -0.2) is 8.42 Å². The van der Waals surface area contributed by atoms with Crippen molar-refractivity contribution in [2.75, 3.05) is 18.4 Å². The Hall–Kier alpha value is -2.75. The molecule has 0 bridgehead atoms. The van der Waals surface area contributed by atoms with Crippen LogP contribution in [0.2, 0.25) is 0 Å². The number of carbonyl (C=O) groups excluding carboxylic acids is 2. The van der Waals surface area contributed by atoms with E-state index in [4.69, 9.17) is 0 Å². The van der Waals surface area contributed by atoms with Gasteiger partial charge in [-0.3, -0.25) is 14.5 Å². The van der Waals surface area contributed by atoms with Crippen LogP contribution >= 0.6 is 0 Å². The number of nitrogens with zero attached hydrogens (tertiary/aromatic N) is 1. The van der Waals surface area contributed by atoms with Crippen molar-refractivity contribution in [3.63, 3.8) is 0 Å². The third-order valence-corrected chi connectivity index (χ3v) is 6.63. The topological polar surface area (TPSA) is 108 Å². The highest BCUT2D eigenvalue weighted by molar-refractivity contribution is 7.89. The standard InChI is InChI=1S/C23H32N4O4S/c1-5-27(6-2)16-20-10-8-7-9-19(20)15-24-23(29)17(3)26-32(30,31)22-13-11-21(12-14-22)25-18(4)28/h7-14,17,26H,5-6,15-16H2,1-4H3,(H,24,29)(H,25,28)/t17-/m0/s1. The number of carbonyl (C=O) groups is 2. The molecular formula is C23H32N4O4S. The van der Waals surface area contributed by atoms with Crippen molar-refractivity contribution in [3.05, 3.63) is 59.7 Å². The van der Waals surface area contributed by atoms with Gasteiger partial charge >= 0.3 is 0 Å². The van der Waals surface area contributed by atoms with Gasteiger partial charge in [0.2, 0.25) is 21.8 Å². The largest absolute Gasteiger partial charge is 0.351 e. The van der Waals surface area contributed by atoms with Gasteiger partial charge in [-0.1, -0.05) is 38.1 Å². The molecule has 0 heterocycles. The lowest BCUT2D eigenvalue weighted by Crippen LogP contribution is -2.44. The number of benzene rings is 2. The molecule has 0 radical (unpaired) electrons. The first kappa shape index (κ1) is 25.5. The molecule has 8 nitrogen and oxygen atoms in total. The Labute approximate surface area is 190 Å². The van der Waals surface area contributed by atoms with Crippen LogP contribution in [0.25, 0.3) is 0 Å². The minimum absolute atomic E-state index is 0.0100. The van der Waals surface area contributed by atoms with Crippen LogP contribution in [0.15, 0.2) is 53.4 Å². The summed E-state index contributed by atoms with van der Waals surface area (Å²) in [6.07, 6.45) is 0. The number of sulfonamides is 1. The van der Waals surface area contributed by atoms with Gasteiger partial charge in [-0.2, -0.15) is 4.72 Å². The summed E-state index contributed by atoms with van der Waals surface area (Å²) in [6, 6.07) is 12.7. The Bertz CT molecular complexity index is 1020. The number of nitrogens with one attached hydrogen (secondary N) is 3. The van der Waals surface area contributed by atoms with Crippen LogP contribution in [0.5, 0.6) is 0 Å². The number of amides is 2. The molecule has 0 aliphatic carbocycles. The zero-order valence-electron chi connectivity index (χ0n) is 19.0.